The Hall–Kier alpha value is -2.77. The van der Waals surface area contributed by atoms with E-state index in [2.05, 4.69) is 10.6 Å². The number of likely N-dealkylation sites (N-methyl/N-ethyl adjacent to an activating group) is 1. The number of anilines is 1. The Morgan fingerprint density at radius 2 is 1.73 bits per heavy atom. The highest BCUT2D eigenvalue weighted by Gasteiger charge is 2.31. The van der Waals surface area contributed by atoms with Crippen molar-refractivity contribution in [3.8, 4) is 5.75 Å². The minimum absolute atomic E-state index is 0.00486. The van der Waals surface area contributed by atoms with Gasteiger partial charge in [-0.3, -0.25) is 9.59 Å². The molecule has 3 amide bonds. The second kappa shape index (κ2) is 9.82. The predicted molar refractivity (Wildman–Crippen MR) is 115 cm³/mol. The van der Waals surface area contributed by atoms with Crippen LogP contribution in [-0.2, 0) is 14.3 Å². The second-order valence-electron chi connectivity index (χ2n) is 8.73. The lowest BCUT2D eigenvalue weighted by atomic mass is 9.90. The number of rotatable bonds is 4. The maximum Gasteiger partial charge on any atom is 0.407 e. The van der Waals surface area contributed by atoms with Gasteiger partial charge in [0.05, 0.1) is 12.8 Å². The van der Waals surface area contributed by atoms with E-state index in [1.165, 1.54) is 12.0 Å². The van der Waals surface area contributed by atoms with E-state index < -0.39 is 23.5 Å². The molecule has 0 bridgehead atoms. The summed E-state index contributed by atoms with van der Waals surface area (Å²) in [4.78, 5) is 38.5. The molecule has 0 radical (unpaired) electrons. The molecule has 8 nitrogen and oxygen atoms in total. The Bertz CT molecular complexity index is 779. The molecule has 0 atom stereocenters. The van der Waals surface area contributed by atoms with Gasteiger partial charge in [0.1, 0.15) is 11.4 Å². The van der Waals surface area contributed by atoms with Gasteiger partial charge in [0.15, 0.2) is 0 Å². The number of hydrogen-bond donors (Lipinski definition) is 2. The third-order valence-corrected chi connectivity index (χ3v) is 5.09. The summed E-state index contributed by atoms with van der Waals surface area (Å²) in [5, 5.41) is 5.52. The average molecular weight is 420 g/mol. The molecule has 0 unspecified atom stereocenters. The summed E-state index contributed by atoms with van der Waals surface area (Å²) in [6.45, 7) is 7.38. The smallest absolute Gasteiger partial charge is 0.407 e. The fraction of sp³-hybridized carbons (Fsp3) is 0.591. The minimum atomic E-state index is -0.700. The van der Waals surface area contributed by atoms with Crippen molar-refractivity contribution in [3.63, 3.8) is 0 Å². The van der Waals surface area contributed by atoms with Gasteiger partial charge in [0.25, 0.3) is 0 Å². The van der Waals surface area contributed by atoms with E-state index in [-0.39, 0.29) is 12.1 Å². The van der Waals surface area contributed by atoms with E-state index in [1.54, 1.807) is 19.2 Å². The zero-order valence-corrected chi connectivity index (χ0v) is 18.7. The molecule has 166 valence electrons. The summed E-state index contributed by atoms with van der Waals surface area (Å²) in [5.41, 5.74) is 0.909. The van der Waals surface area contributed by atoms with Crippen molar-refractivity contribution in [1.82, 2.24) is 10.2 Å². The molecular formula is C22H33N3O5. The molecule has 0 aliphatic heterocycles. The first-order valence-corrected chi connectivity index (χ1v) is 10.2. The number of nitrogens with one attached hydrogen (secondary N) is 2. The summed E-state index contributed by atoms with van der Waals surface area (Å²) in [6.07, 6.45) is 2.40. The molecule has 2 rings (SSSR count). The van der Waals surface area contributed by atoms with Gasteiger partial charge >= 0.3 is 17.9 Å². The van der Waals surface area contributed by atoms with Crippen LogP contribution in [0.3, 0.4) is 0 Å². The highest BCUT2D eigenvalue weighted by molar-refractivity contribution is 6.39. The van der Waals surface area contributed by atoms with Crippen molar-refractivity contribution in [2.45, 2.75) is 71.1 Å². The molecule has 8 heteroatoms. The van der Waals surface area contributed by atoms with Crippen LogP contribution in [-0.4, -0.2) is 54.6 Å². The van der Waals surface area contributed by atoms with Crippen molar-refractivity contribution < 1.29 is 23.9 Å². The number of benzene rings is 1. The zero-order chi connectivity index (χ0) is 22.5. The van der Waals surface area contributed by atoms with Crippen molar-refractivity contribution in [3.05, 3.63) is 23.8 Å². The number of aryl methyl sites for hydroxylation is 1. The predicted octanol–water partition coefficient (Wildman–Crippen LogP) is 3.24. The first-order chi connectivity index (χ1) is 14.0. The van der Waals surface area contributed by atoms with Crippen molar-refractivity contribution in [1.29, 1.82) is 0 Å². The molecule has 0 heterocycles. The molecule has 1 aromatic carbocycles. The summed E-state index contributed by atoms with van der Waals surface area (Å²) in [5.74, 6) is -0.789. The first kappa shape index (κ1) is 23.5. The summed E-state index contributed by atoms with van der Waals surface area (Å²) in [6, 6.07) is 5.30. The molecular weight excluding hydrogens is 386 g/mol. The lowest BCUT2D eigenvalue weighted by Gasteiger charge is -2.34. The zero-order valence-electron chi connectivity index (χ0n) is 18.7. The Morgan fingerprint density at radius 3 is 2.30 bits per heavy atom. The molecule has 1 aliphatic carbocycles. The number of amides is 3. The summed E-state index contributed by atoms with van der Waals surface area (Å²) < 4.78 is 10.6. The highest BCUT2D eigenvalue weighted by atomic mass is 16.6. The second-order valence-corrected chi connectivity index (χ2v) is 8.73. The van der Waals surface area contributed by atoms with Crippen LogP contribution in [0.4, 0.5) is 10.5 Å². The van der Waals surface area contributed by atoms with Crippen LogP contribution in [0.2, 0.25) is 0 Å². The Kier molecular flexibility index (Phi) is 7.70. The van der Waals surface area contributed by atoms with E-state index >= 15 is 0 Å². The molecule has 2 N–H and O–H groups in total. The summed E-state index contributed by atoms with van der Waals surface area (Å²) in [7, 11) is 3.16. The number of nitrogens with zero attached hydrogens (tertiary/aromatic N) is 1. The van der Waals surface area contributed by atoms with E-state index in [0.29, 0.717) is 24.3 Å². The van der Waals surface area contributed by atoms with Crippen LogP contribution < -0.4 is 15.4 Å². The fourth-order valence-corrected chi connectivity index (χ4v) is 3.49. The van der Waals surface area contributed by atoms with Gasteiger partial charge < -0.3 is 25.0 Å². The van der Waals surface area contributed by atoms with Gasteiger partial charge in [-0.25, -0.2) is 4.79 Å². The minimum Gasteiger partial charge on any atom is -0.495 e. The fourth-order valence-electron chi connectivity index (χ4n) is 3.49. The molecule has 0 aromatic heterocycles. The van der Waals surface area contributed by atoms with Gasteiger partial charge in [-0.1, -0.05) is 6.07 Å². The maximum atomic E-state index is 12.6. The van der Waals surface area contributed by atoms with Gasteiger partial charge in [0, 0.05) is 19.1 Å². The quantitative estimate of drug-likeness (QED) is 0.731. The number of ether oxygens (including phenoxy) is 2. The standard InChI is InChI=1S/C22H33N3O5/c1-14-7-12-17(18(13-14)29-6)24-19(26)20(27)25(5)16-10-8-15(9-11-16)23-21(28)30-22(2,3)4/h7,12-13,15-16H,8-11H2,1-6H3,(H,23,28)(H,24,26). The molecule has 1 aliphatic rings. The number of alkyl carbamates (subject to hydrolysis) is 1. The van der Waals surface area contributed by atoms with E-state index in [0.717, 1.165) is 18.4 Å². The lowest BCUT2D eigenvalue weighted by Crippen LogP contribution is -2.48. The van der Waals surface area contributed by atoms with Crippen LogP contribution in [0, 0.1) is 6.92 Å². The monoisotopic (exact) mass is 419 g/mol. The normalized spacial score (nSPS) is 18.9. The Morgan fingerprint density at radius 1 is 1.10 bits per heavy atom. The van der Waals surface area contributed by atoms with Gasteiger partial charge in [0.2, 0.25) is 0 Å². The Labute approximate surface area is 178 Å². The van der Waals surface area contributed by atoms with E-state index in [4.69, 9.17) is 9.47 Å². The van der Waals surface area contributed by atoms with Crippen molar-refractivity contribution in [2.24, 2.45) is 0 Å². The highest BCUT2D eigenvalue weighted by Crippen LogP contribution is 2.26. The topological polar surface area (TPSA) is 97.0 Å². The number of methoxy groups -OCH3 is 1. The molecule has 1 fully saturated rings. The van der Waals surface area contributed by atoms with Gasteiger partial charge in [-0.05, 0) is 71.1 Å². The van der Waals surface area contributed by atoms with Crippen LogP contribution in [0.15, 0.2) is 18.2 Å². The van der Waals surface area contributed by atoms with Gasteiger partial charge in [-0.15, -0.1) is 0 Å². The van der Waals surface area contributed by atoms with Crippen LogP contribution in [0.25, 0.3) is 0 Å². The molecule has 0 spiro atoms. The largest absolute Gasteiger partial charge is 0.495 e. The summed E-state index contributed by atoms with van der Waals surface area (Å²) >= 11 is 0. The molecule has 0 saturated heterocycles. The lowest BCUT2D eigenvalue weighted by molar-refractivity contribution is -0.144. The molecule has 1 aromatic rings. The maximum absolute atomic E-state index is 12.6. The number of carbonyl (C=O) groups is 3. The van der Waals surface area contributed by atoms with Crippen molar-refractivity contribution in [2.75, 3.05) is 19.5 Å². The van der Waals surface area contributed by atoms with E-state index in [9.17, 15) is 14.4 Å². The number of carbonyl (C=O) groups excluding carboxylic acids is 3. The average Bonchev–Trinajstić information content (AvgIpc) is 2.67. The van der Waals surface area contributed by atoms with Gasteiger partial charge in [-0.2, -0.15) is 0 Å². The SMILES string of the molecule is COc1cc(C)ccc1NC(=O)C(=O)N(C)C1CCC(NC(=O)OC(C)(C)C)CC1. The molecule has 1 saturated carbocycles. The Balaban J connectivity index is 1.87. The van der Waals surface area contributed by atoms with Crippen molar-refractivity contribution >= 4 is 23.6 Å². The van der Waals surface area contributed by atoms with Crippen LogP contribution in [0.5, 0.6) is 5.75 Å². The third kappa shape index (κ3) is 6.64. The third-order valence-electron chi connectivity index (χ3n) is 5.09. The number of hydrogen-bond acceptors (Lipinski definition) is 5. The molecule has 30 heavy (non-hydrogen) atoms. The first-order valence-electron chi connectivity index (χ1n) is 10.2. The van der Waals surface area contributed by atoms with Crippen LogP contribution in [0.1, 0.15) is 52.0 Å². The van der Waals surface area contributed by atoms with Crippen LogP contribution >= 0.6 is 0 Å². The van der Waals surface area contributed by atoms with E-state index in [1.807, 2.05) is 33.8 Å².